The van der Waals surface area contributed by atoms with E-state index >= 15 is 0 Å². The predicted octanol–water partition coefficient (Wildman–Crippen LogP) is 3.09. The van der Waals surface area contributed by atoms with Crippen LogP contribution in [0.2, 0.25) is 0 Å². The van der Waals surface area contributed by atoms with Gasteiger partial charge in [0.2, 0.25) is 0 Å². The van der Waals surface area contributed by atoms with Gasteiger partial charge in [0.25, 0.3) is 0 Å². The molecule has 1 rings (SSSR count). The molecule has 0 fully saturated rings. The van der Waals surface area contributed by atoms with E-state index in [0.717, 1.165) is 10.0 Å². The largest absolute Gasteiger partial charge is 0.480 e. The molecule has 0 aliphatic heterocycles. The number of nitrogens with one attached hydrogen (secondary N) is 1. The van der Waals surface area contributed by atoms with Gasteiger partial charge in [-0.15, -0.1) is 0 Å². The molecule has 2 N–H and O–H groups in total. The van der Waals surface area contributed by atoms with Crippen LogP contribution < -0.4 is 5.32 Å². The number of carbonyl (C=O) groups excluding carboxylic acids is 1. The summed E-state index contributed by atoms with van der Waals surface area (Å²) in [6, 6.07) is 5.10. The number of nitrogens with zero attached hydrogens (tertiary/aromatic N) is 1. The third-order valence-corrected chi connectivity index (χ3v) is 3.59. The minimum absolute atomic E-state index is 0.302. The summed E-state index contributed by atoms with van der Waals surface area (Å²) in [6.07, 6.45) is 0.704. The fourth-order valence-corrected chi connectivity index (χ4v) is 1.99. The number of carbonyl (C=O) groups is 2. The number of aliphatic carboxylic acids is 1. The van der Waals surface area contributed by atoms with E-state index in [4.69, 9.17) is 5.11 Å². The highest BCUT2D eigenvalue weighted by Crippen LogP contribution is 2.25. The number of rotatable bonds is 5. The number of anilines is 1. The van der Waals surface area contributed by atoms with Crippen molar-refractivity contribution >= 4 is 33.6 Å². The van der Waals surface area contributed by atoms with Crippen LogP contribution in [0, 0.1) is 6.92 Å². The summed E-state index contributed by atoms with van der Waals surface area (Å²) in [5, 5.41) is 11.5. The molecule has 0 aliphatic carbocycles. The summed E-state index contributed by atoms with van der Waals surface area (Å²) in [5.74, 6) is -1.02. The van der Waals surface area contributed by atoms with E-state index in [-0.39, 0.29) is 6.54 Å². The summed E-state index contributed by atoms with van der Waals surface area (Å²) in [7, 11) is 0. The third kappa shape index (κ3) is 4.55. The number of carboxylic acids is 1. The summed E-state index contributed by atoms with van der Waals surface area (Å²) in [5.41, 5.74) is 1.63. The average molecular weight is 329 g/mol. The van der Waals surface area contributed by atoms with Crippen LogP contribution in [0.3, 0.4) is 0 Å². The number of hydrogen-bond donors (Lipinski definition) is 2. The molecular weight excluding hydrogens is 312 g/mol. The monoisotopic (exact) mass is 328 g/mol. The van der Waals surface area contributed by atoms with Crippen molar-refractivity contribution in [3.05, 3.63) is 28.2 Å². The van der Waals surface area contributed by atoms with Gasteiger partial charge in [-0.3, -0.25) is 4.79 Å². The molecule has 0 spiro atoms. The first-order valence-corrected chi connectivity index (χ1v) is 6.77. The standard InChI is InChI=1S/C13H17BrN2O3/c1-3-7-16(8-11(17)18)13(19)15-10-6-4-5-9(2)12(10)14/h4-6H,3,7-8H2,1-2H3,(H,15,19)(H,17,18). The second kappa shape index (κ2) is 7.13. The maximum atomic E-state index is 12.0. The van der Waals surface area contributed by atoms with Gasteiger partial charge in [0.15, 0.2) is 0 Å². The number of carboxylic acid groups (broad SMARTS) is 1. The van der Waals surface area contributed by atoms with Gasteiger partial charge in [-0.25, -0.2) is 4.79 Å². The molecule has 0 heterocycles. The molecule has 0 unspecified atom stereocenters. The zero-order valence-electron chi connectivity index (χ0n) is 10.9. The second-order valence-electron chi connectivity index (χ2n) is 4.18. The van der Waals surface area contributed by atoms with E-state index in [9.17, 15) is 9.59 Å². The first-order valence-electron chi connectivity index (χ1n) is 5.98. The van der Waals surface area contributed by atoms with Crippen molar-refractivity contribution in [1.82, 2.24) is 4.90 Å². The molecule has 19 heavy (non-hydrogen) atoms. The maximum Gasteiger partial charge on any atom is 0.323 e. The summed E-state index contributed by atoms with van der Waals surface area (Å²) >= 11 is 3.40. The lowest BCUT2D eigenvalue weighted by Gasteiger charge is -2.21. The Labute approximate surface area is 120 Å². The highest BCUT2D eigenvalue weighted by molar-refractivity contribution is 9.10. The maximum absolute atomic E-state index is 12.0. The van der Waals surface area contributed by atoms with Crippen LogP contribution in [-0.4, -0.2) is 35.1 Å². The Hall–Kier alpha value is -1.56. The quantitative estimate of drug-likeness (QED) is 0.872. The molecule has 6 heteroatoms. The molecule has 0 saturated heterocycles. The lowest BCUT2D eigenvalue weighted by molar-refractivity contribution is -0.137. The molecule has 0 aliphatic rings. The minimum Gasteiger partial charge on any atom is -0.480 e. The Kier molecular flexibility index (Phi) is 5.82. The van der Waals surface area contributed by atoms with Crippen LogP contribution in [-0.2, 0) is 4.79 Å². The zero-order chi connectivity index (χ0) is 14.4. The summed E-state index contributed by atoms with van der Waals surface area (Å²) in [6.45, 7) is 3.91. The Morgan fingerprint density at radius 1 is 1.42 bits per heavy atom. The molecule has 2 amide bonds. The molecule has 0 atom stereocenters. The smallest absolute Gasteiger partial charge is 0.323 e. The van der Waals surface area contributed by atoms with Crippen molar-refractivity contribution in [2.45, 2.75) is 20.3 Å². The van der Waals surface area contributed by atoms with Gasteiger partial charge in [0.1, 0.15) is 6.54 Å². The lowest BCUT2D eigenvalue weighted by Crippen LogP contribution is -2.39. The number of hydrogen-bond acceptors (Lipinski definition) is 2. The zero-order valence-corrected chi connectivity index (χ0v) is 12.5. The van der Waals surface area contributed by atoms with Crippen LogP contribution in [0.1, 0.15) is 18.9 Å². The Morgan fingerprint density at radius 3 is 2.68 bits per heavy atom. The van der Waals surface area contributed by atoms with Gasteiger partial charge in [-0.2, -0.15) is 0 Å². The minimum atomic E-state index is -1.02. The van der Waals surface area contributed by atoms with Crippen LogP contribution in [0.4, 0.5) is 10.5 Å². The topological polar surface area (TPSA) is 69.6 Å². The molecular formula is C13H17BrN2O3. The molecule has 0 aromatic heterocycles. The average Bonchev–Trinajstić information content (AvgIpc) is 2.34. The van der Waals surface area contributed by atoms with E-state index in [2.05, 4.69) is 21.2 Å². The fourth-order valence-electron chi connectivity index (χ4n) is 1.62. The fraction of sp³-hybridized carbons (Fsp3) is 0.385. The molecule has 1 aromatic rings. The van der Waals surface area contributed by atoms with Crippen LogP contribution in [0.5, 0.6) is 0 Å². The van der Waals surface area contributed by atoms with Gasteiger partial charge in [0, 0.05) is 11.0 Å². The summed E-state index contributed by atoms with van der Waals surface area (Å²) in [4.78, 5) is 24.0. The van der Waals surface area contributed by atoms with Crippen molar-refractivity contribution in [3.63, 3.8) is 0 Å². The highest BCUT2D eigenvalue weighted by Gasteiger charge is 2.16. The van der Waals surface area contributed by atoms with Gasteiger partial charge in [-0.1, -0.05) is 19.1 Å². The highest BCUT2D eigenvalue weighted by atomic mass is 79.9. The third-order valence-electron chi connectivity index (χ3n) is 2.54. The van der Waals surface area contributed by atoms with E-state index < -0.39 is 12.0 Å². The van der Waals surface area contributed by atoms with Crippen molar-refractivity contribution in [3.8, 4) is 0 Å². The lowest BCUT2D eigenvalue weighted by atomic mass is 10.2. The number of urea groups is 1. The van der Waals surface area contributed by atoms with E-state index in [1.54, 1.807) is 6.07 Å². The van der Waals surface area contributed by atoms with E-state index in [1.165, 1.54) is 4.90 Å². The molecule has 0 radical (unpaired) electrons. The number of benzene rings is 1. The van der Waals surface area contributed by atoms with E-state index in [1.807, 2.05) is 26.0 Å². The SMILES string of the molecule is CCCN(CC(=O)O)C(=O)Nc1cccc(C)c1Br. The van der Waals surface area contributed by atoms with Crippen molar-refractivity contribution < 1.29 is 14.7 Å². The van der Waals surface area contributed by atoms with Gasteiger partial charge < -0.3 is 15.3 Å². The van der Waals surface area contributed by atoms with E-state index in [0.29, 0.717) is 18.7 Å². The van der Waals surface area contributed by atoms with Crippen molar-refractivity contribution in [2.24, 2.45) is 0 Å². The van der Waals surface area contributed by atoms with Gasteiger partial charge in [0.05, 0.1) is 5.69 Å². The number of halogens is 1. The Morgan fingerprint density at radius 2 is 2.11 bits per heavy atom. The van der Waals surface area contributed by atoms with Crippen LogP contribution in [0.25, 0.3) is 0 Å². The Bertz CT molecular complexity index is 477. The van der Waals surface area contributed by atoms with Gasteiger partial charge >= 0.3 is 12.0 Å². The number of aryl methyl sites for hydroxylation is 1. The predicted molar refractivity (Wildman–Crippen MR) is 77.4 cm³/mol. The summed E-state index contributed by atoms with van der Waals surface area (Å²) < 4.78 is 0.801. The first-order chi connectivity index (χ1) is 8.95. The van der Waals surface area contributed by atoms with Crippen LogP contribution >= 0.6 is 15.9 Å². The number of amides is 2. The molecule has 5 nitrogen and oxygen atoms in total. The molecule has 1 aromatic carbocycles. The Balaban J connectivity index is 2.81. The van der Waals surface area contributed by atoms with Crippen LogP contribution in [0.15, 0.2) is 22.7 Å². The van der Waals surface area contributed by atoms with Crippen molar-refractivity contribution in [1.29, 1.82) is 0 Å². The molecule has 0 saturated carbocycles. The molecule has 104 valence electrons. The first kappa shape index (κ1) is 15.5. The van der Waals surface area contributed by atoms with Crippen molar-refractivity contribution in [2.75, 3.05) is 18.4 Å². The second-order valence-corrected chi connectivity index (χ2v) is 4.97. The van der Waals surface area contributed by atoms with Gasteiger partial charge in [-0.05, 0) is 40.9 Å². The molecule has 0 bridgehead atoms. The normalized spacial score (nSPS) is 10.1.